The largest absolute Gasteiger partial charge is 0.480 e. The first-order chi connectivity index (χ1) is 6.55. The summed E-state index contributed by atoms with van der Waals surface area (Å²) in [6.45, 7) is 4.61. The molecule has 1 atom stereocenters. The molecule has 0 spiro atoms. The first-order valence-corrected chi connectivity index (χ1v) is 6.69. The minimum atomic E-state index is -0.931. The van der Waals surface area contributed by atoms with E-state index in [1.165, 1.54) is 18.9 Å². The van der Waals surface area contributed by atoms with E-state index in [2.05, 4.69) is 0 Å². The fourth-order valence-electron chi connectivity index (χ4n) is 0.972. The smallest absolute Gasteiger partial charge is 0.320 e. The van der Waals surface area contributed by atoms with Crippen molar-refractivity contribution in [3.05, 3.63) is 0 Å². The van der Waals surface area contributed by atoms with Gasteiger partial charge in [-0.25, -0.2) is 0 Å². The Bertz CT molecular complexity index is 149. The summed E-state index contributed by atoms with van der Waals surface area (Å²) in [5.74, 6) is -0.910. The Hall–Kier alpha value is -0.393. The lowest BCUT2D eigenvalue weighted by molar-refractivity contribution is -0.139. The Morgan fingerprint density at radius 3 is 2.21 bits per heavy atom. The molecule has 1 aliphatic heterocycles. The number of rotatable bonds is 2. The average Bonchev–Trinajstić information content (AvgIpc) is 2.20. The van der Waals surface area contributed by atoms with Crippen LogP contribution >= 0.6 is 0 Å². The van der Waals surface area contributed by atoms with E-state index in [1.54, 1.807) is 13.8 Å². The fraction of sp³-hybridized carbons (Fsp3) is 0.889. The third-order valence-electron chi connectivity index (χ3n) is 2.08. The molecule has 5 heteroatoms. The highest BCUT2D eigenvalue weighted by Gasteiger charge is 2.14. The standard InChI is InChI=1S/C5H11NO2.C4H10OSi/c1-3(2)4(6)5(7)8;1-2-4-6-5-3-1/h3-4H,6H2,1-2H3,(H,7,8);1-4,6H2/t4-;/m0./s1. The molecule has 0 aliphatic carbocycles. The van der Waals surface area contributed by atoms with Crippen LogP contribution in [0.25, 0.3) is 0 Å². The molecule has 0 aromatic rings. The van der Waals surface area contributed by atoms with Crippen molar-refractivity contribution in [1.29, 1.82) is 0 Å². The molecule has 84 valence electrons. The average molecular weight is 219 g/mol. The van der Waals surface area contributed by atoms with Crippen molar-refractivity contribution in [2.24, 2.45) is 11.7 Å². The van der Waals surface area contributed by atoms with E-state index in [9.17, 15) is 4.79 Å². The highest BCUT2D eigenvalue weighted by atomic mass is 28.2. The number of carboxylic acid groups (broad SMARTS) is 1. The van der Waals surface area contributed by atoms with Gasteiger partial charge in [-0.05, 0) is 18.4 Å². The van der Waals surface area contributed by atoms with Gasteiger partial charge in [-0.15, -0.1) is 0 Å². The molecule has 0 radical (unpaired) electrons. The maximum Gasteiger partial charge on any atom is 0.320 e. The number of hydrogen-bond donors (Lipinski definition) is 2. The Labute approximate surface area is 87.8 Å². The van der Waals surface area contributed by atoms with Crippen molar-refractivity contribution in [1.82, 2.24) is 0 Å². The second kappa shape index (κ2) is 7.96. The van der Waals surface area contributed by atoms with Crippen LogP contribution in [-0.2, 0) is 9.22 Å². The Morgan fingerprint density at radius 2 is 2.14 bits per heavy atom. The minimum Gasteiger partial charge on any atom is -0.480 e. The fourth-order valence-corrected chi connectivity index (χ4v) is 2.14. The van der Waals surface area contributed by atoms with Crippen LogP contribution in [0.4, 0.5) is 0 Å². The number of carboxylic acids is 1. The summed E-state index contributed by atoms with van der Waals surface area (Å²) >= 11 is 0. The van der Waals surface area contributed by atoms with Crippen molar-refractivity contribution in [2.45, 2.75) is 38.8 Å². The third kappa shape index (κ3) is 7.05. The van der Waals surface area contributed by atoms with E-state index in [4.69, 9.17) is 15.3 Å². The molecule has 1 fully saturated rings. The molecule has 0 bridgehead atoms. The normalized spacial score (nSPS) is 20.0. The van der Waals surface area contributed by atoms with Crippen LogP contribution in [0.3, 0.4) is 0 Å². The van der Waals surface area contributed by atoms with Gasteiger partial charge in [0.15, 0.2) is 9.76 Å². The van der Waals surface area contributed by atoms with Gasteiger partial charge in [0, 0.05) is 6.61 Å². The predicted molar refractivity (Wildman–Crippen MR) is 59.0 cm³/mol. The number of nitrogens with two attached hydrogens (primary N) is 1. The van der Waals surface area contributed by atoms with Crippen LogP contribution < -0.4 is 5.73 Å². The molecule has 1 rings (SSSR count). The molecular weight excluding hydrogens is 198 g/mol. The van der Waals surface area contributed by atoms with Crippen molar-refractivity contribution < 1.29 is 14.3 Å². The lowest BCUT2D eigenvalue weighted by Gasteiger charge is -2.07. The molecule has 0 aromatic carbocycles. The summed E-state index contributed by atoms with van der Waals surface area (Å²) in [6.07, 6.45) is 2.75. The van der Waals surface area contributed by atoms with E-state index < -0.39 is 12.0 Å². The maximum atomic E-state index is 10.0. The molecule has 4 nitrogen and oxygen atoms in total. The second-order valence-corrected chi connectivity index (χ2v) is 5.30. The van der Waals surface area contributed by atoms with Gasteiger partial charge < -0.3 is 15.3 Å². The molecule has 1 aliphatic rings. The van der Waals surface area contributed by atoms with Gasteiger partial charge >= 0.3 is 5.97 Å². The minimum absolute atomic E-state index is 0.00849. The van der Waals surface area contributed by atoms with E-state index in [0.717, 1.165) is 6.61 Å². The highest BCUT2D eigenvalue weighted by Crippen LogP contribution is 2.01. The van der Waals surface area contributed by atoms with Gasteiger partial charge in [0.25, 0.3) is 0 Å². The first kappa shape index (κ1) is 13.6. The van der Waals surface area contributed by atoms with Crippen molar-refractivity contribution >= 4 is 15.7 Å². The van der Waals surface area contributed by atoms with E-state index in [1.807, 2.05) is 0 Å². The zero-order chi connectivity index (χ0) is 11.0. The Balaban J connectivity index is 0.000000249. The van der Waals surface area contributed by atoms with Gasteiger partial charge in [-0.3, -0.25) is 4.79 Å². The molecule has 1 saturated heterocycles. The zero-order valence-corrected chi connectivity index (χ0v) is 10.4. The maximum absolute atomic E-state index is 10.0. The molecule has 0 saturated carbocycles. The molecule has 14 heavy (non-hydrogen) atoms. The Kier molecular flexibility index (Phi) is 7.74. The van der Waals surface area contributed by atoms with E-state index in [0.29, 0.717) is 0 Å². The van der Waals surface area contributed by atoms with Gasteiger partial charge in [-0.1, -0.05) is 20.3 Å². The Morgan fingerprint density at radius 1 is 1.50 bits per heavy atom. The second-order valence-electron chi connectivity index (χ2n) is 3.78. The van der Waals surface area contributed by atoms with Gasteiger partial charge in [0.2, 0.25) is 0 Å². The topological polar surface area (TPSA) is 72.5 Å². The summed E-state index contributed by atoms with van der Waals surface area (Å²) in [5.41, 5.74) is 5.16. The predicted octanol–water partition coefficient (Wildman–Crippen LogP) is 0.353. The highest BCUT2D eigenvalue weighted by molar-refractivity contribution is 6.27. The van der Waals surface area contributed by atoms with Crippen LogP contribution in [0.1, 0.15) is 26.7 Å². The monoisotopic (exact) mass is 219 g/mol. The van der Waals surface area contributed by atoms with Crippen LogP contribution in [0.5, 0.6) is 0 Å². The van der Waals surface area contributed by atoms with Crippen molar-refractivity contribution in [2.75, 3.05) is 6.61 Å². The molecule has 1 heterocycles. The molecule has 3 N–H and O–H groups in total. The SMILES string of the molecule is C1CC[SiH2]OC1.CC(C)[C@H](N)C(=O)O. The molecule has 0 unspecified atom stereocenters. The van der Waals surface area contributed by atoms with Crippen LogP contribution in [0.15, 0.2) is 0 Å². The quantitative estimate of drug-likeness (QED) is 0.658. The summed E-state index contributed by atoms with van der Waals surface area (Å²) in [4.78, 5) is 10.0. The molecular formula is C9H21NO3Si. The molecule has 0 aromatic heterocycles. The van der Waals surface area contributed by atoms with E-state index >= 15 is 0 Å². The van der Waals surface area contributed by atoms with Gasteiger partial charge in [0.05, 0.1) is 0 Å². The molecule has 0 amide bonds. The zero-order valence-electron chi connectivity index (χ0n) is 9.03. The summed E-state index contributed by atoms with van der Waals surface area (Å²) in [5, 5.41) is 8.23. The van der Waals surface area contributed by atoms with Crippen molar-refractivity contribution in [3.8, 4) is 0 Å². The van der Waals surface area contributed by atoms with Crippen LogP contribution in [-0.4, -0.2) is 33.5 Å². The lowest BCUT2D eigenvalue weighted by Crippen LogP contribution is -2.34. The number of hydrogen-bond acceptors (Lipinski definition) is 3. The van der Waals surface area contributed by atoms with Gasteiger partial charge in [-0.2, -0.15) is 0 Å². The van der Waals surface area contributed by atoms with Gasteiger partial charge in [0.1, 0.15) is 6.04 Å². The third-order valence-corrected chi connectivity index (χ3v) is 3.45. The summed E-state index contributed by atoms with van der Waals surface area (Å²) in [6, 6.07) is 0.704. The summed E-state index contributed by atoms with van der Waals surface area (Å²) in [7, 11) is 0.00849. The van der Waals surface area contributed by atoms with Crippen LogP contribution in [0, 0.1) is 5.92 Å². The van der Waals surface area contributed by atoms with E-state index in [-0.39, 0.29) is 15.7 Å². The summed E-state index contributed by atoms with van der Waals surface area (Å²) < 4.78 is 5.21. The van der Waals surface area contributed by atoms with Crippen LogP contribution in [0.2, 0.25) is 6.04 Å². The number of carbonyl (C=O) groups is 1. The number of aliphatic carboxylic acids is 1. The first-order valence-electron chi connectivity index (χ1n) is 5.12. The van der Waals surface area contributed by atoms with Crippen molar-refractivity contribution in [3.63, 3.8) is 0 Å². The lowest BCUT2D eigenvalue weighted by atomic mass is 10.1.